The van der Waals surface area contributed by atoms with Gasteiger partial charge in [0.25, 0.3) is 5.91 Å². The normalized spacial score (nSPS) is 31.7. The van der Waals surface area contributed by atoms with Gasteiger partial charge in [-0.3, -0.25) is 4.79 Å². The number of aromatic amines is 1. The van der Waals surface area contributed by atoms with Crippen LogP contribution in [0.5, 0.6) is 0 Å². The van der Waals surface area contributed by atoms with Crippen molar-refractivity contribution in [3.05, 3.63) is 11.5 Å². The zero-order chi connectivity index (χ0) is 13.4. The number of hydrogen-bond acceptors (Lipinski definition) is 7. The van der Waals surface area contributed by atoms with Crippen LogP contribution in [0.2, 0.25) is 0 Å². The van der Waals surface area contributed by atoms with Gasteiger partial charge in [0.15, 0.2) is 5.82 Å². The minimum absolute atomic E-state index is 0.0568. The number of carbonyl (C=O) groups excluding carboxylic acids is 1. The van der Waals surface area contributed by atoms with Gasteiger partial charge in [-0.25, -0.2) is 4.98 Å². The number of nitrogen functional groups attached to an aromatic ring is 1. The quantitative estimate of drug-likeness (QED) is 0.341. The number of amides is 1. The molecule has 8 N–H and O–H groups in total. The van der Waals surface area contributed by atoms with Crippen molar-refractivity contribution >= 4 is 11.7 Å². The average molecular weight is 258 g/mol. The number of anilines is 1. The number of rotatable bonds is 3. The Hall–Kier alpha value is -1.68. The lowest BCUT2D eigenvalue weighted by Gasteiger charge is -2.13. The zero-order valence-electron chi connectivity index (χ0n) is 9.28. The Bertz CT molecular complexity index is 462. The van der Waals surface area contributed by atoms with Crippen molar-refractivity contribution in [2.24, 2.45) is 5.73 Å². The largest absolute Gasteiger partial charge is 0.394 e. The van der Waals surface area contributed by atoms with Crippen LogP contribution in [0.4, 0.5) is 5.82 Å². The van der Waals surface area contributed by atoms with E-state index in [1.165, 1.54) is 0 Å². The Morgan fingerprint density at radius 2 is 2.11 bits per heavy atom. The summed E-state index contributed by atoms with van der Waals surface area (Å²) in [5.74, 6) is -1.03. The Morgan fingerprint density at radius 1 is 1.44 bits per heavy atom. The summed E-state index contributed by atoms with van der Waals surface area (Å²) in [4.78, 5) is 17.1. The minimum atomic E-state index is -1.29. The van der Waals surface area contributed by atoms with E-state index in [2.05, 4.69) is 9.97 Å². The van der Waals surface area contributed by atoms with Gasteiger partial charge < -0.3 is 36.5 Å². The molecule has 18 heavy (non-hydrogen) atoms. The topological polar surface area (TPSA) is 168 Å². The Kier molecular flexibility index (Phi) is 3.22. The molecule has 0 saturated carbocycles. The molecular weight excluding hydrogens is 244 g/mol. The molecular formula is C9H14N4O5. The molecule has 1 aliphatic rings. The molecule has 1 saturated heterocycles. The molecule has 1 aromatic heterocycles. The second kappa shape index (κ2) is 4.53. The van der Waals surface area contributed by atoms with Gasteiger partial charge in [-0.05, 0) is 0 Å². The van der Waals surface area contributed by atoms with Crippen molar-refractivity contribution in [2.45, 2.75) is 24.4 Å². The van der Waals surface area contributed by atoms with Gasteiger partial charge in [-0.15, -0.1) is 0 Å². The van der Waals surface area contributed by atoms with Crippen LogP contribution in [0.15, 0.2) is 0 Å². The van der Waals surface area contributed by atoms with E-state index in [0.717, 1.165) is 0 Å². The third kappa shape index (κ3) is 1.93. The fraction of sp³-hybridized carbons (Fsp3) is 0.556. The van der Waals surface area contributed by atoms with Crippen LogP contribution in [-0.4, -0.2) is 56.1 Å². The van der Waals surface area contributed by atoms with Gasteiger partial charge in [0.05, 0.1) is 12.3 Å². The first kappa shape index (κ1) is 12.8. The standard InChI is InChI=1S/C9H14N4O5/c10-7-3(12-9(13-7)8(11)17)6-5(16)4(15)2(1-14)18-6/h2,4-6,14-16H,1,10H2,(H2,11,17)(H,12,13)/t2-,4-,5-,6?/m1/s1. The Morgan fingerprint density at radius 3 is 2.56 bits per heavy atom. The molecule has 1 aliphatic heterocycles. The van der Waals surface area contributed by atoms with Crippen LogP contribution in [0.25, 0.3) is 0 Å². The van der Waals surface area contributed by atoms with Crippen LogP contribution in [0.1, 0.15) is 22.4 Å². The minimum Gasteiger partial charge on any atom is -0.394 e. The fourth-order valence-corrected chi connectivity index (χ4v) is 1.87. The molecule has 100 valence electrons. The monoisotopic (exact) mass is 258 g/mol. The van der Waals surface area contributed by atoms with Crippen molar-refractivity contribution in [1.29, 1.82) is 0 Å². The molecule has 0 spiro atoms. The number of hydrogen-bond donors (Lipinski definition) is 6. The van der Waals surface area contributed by atoms with E-state index in [1.807, 2.05) is 0 Å². The van der Waals surface area contributed by atoms with Crippen molar-refractivity contribution in [2.75, 3.05) is 12.3 Å². The van der Waals surface area contributed by atoms with Crippen LogP contribution in [0, 0.1) is 0 Å². The number of aliphatic hydroxyl groups is 3. The van der Waals surface area contributed by atoms with Gasteiger partial charge >= 0.3 is 0 Å². The fourth-order valence-electron chi connectivity index (χ4n) is 1.87. The SMILES string of the molecule is NC(=O)c1nc(N)c(C2O[C@H](CO)[C@@H](O)[C@H]2O)[nH]1. The number of imidazole rings is 1. The third-order valence-corrected chi connectivity index (χ3v) is 2.82. The van der Waals surface area contributed by atoms with Crippen LogP contribution in [0.3, 0.4) is 0 Å². The molecule has 1 fully saturated rings. The molecule has 0 bridgehead atoms. The summed E-state index contributed by atoms with van der Waals surface area (Å²) in [6.07, 6.45) is -4.46. The first-order chi connectivity index (χ1) is 8.45. The first-order valence-electron chi connectivity index (χ1n) is 5.23. The molecule has 1 aromatic rings. The number of nitrogens with one attached hydrogen (secondary N) is 1. The lowest BCUT2D eigenvalue weighted by Crippen LogP contribution is -2.32. The number of carbonyl (C=O) groups is 1. The number of primary amides is 1. The highest BCUT2D eigenvalue weighted by molar-refractivity contribution is 5.89. The summed E-state index contributed by atoms with van der Waals surface area (Å²) < 4.78 is 5.24. The average Bonchev–Trinajstić information content (AvgIpc) is 2.83. The molecule has 0 aliphatic carbocycles. The number of aliphatic hydroxyl groups excluding tert-OH is 3. The van der Waals surface area contributed by atoms with Gasteiger partial charge in [0, 0.05) is 0 Å². The Labute approximate surface area is 101 Å². The van der Waals surface area contributed by atoms with Crippen LogP contribution >= 0.6 is 0 Å². The predicted octanol–water partition coefficient (Wildman–Crippen LogP) is -2.76. The summed E-state index contributed by atoms with van der Waals surface area (Å²) in [6.45, 7) is -0.453. The smallest absolute Gasteiger partial charge is 0.284 e. The molecule has 0 aromatic carbocycles. The third-order valence-electron chi connectivity index (χ3n) is 2.82. The summed E-state index contributed by atoms with van der Waals surface area (Å²) in [7, 11) is 0. The number of nitrogens with two attached hydrogens (primary N) is 2. The van der Waals surface area contributed by atoms with Crippen molar-refractivity contribution in [3.8, 4) is 0 Å². The summed E-state index contributed by atoms with van der Waals surface area (Å²) in [5, 5.41) is 28.3. The van der Waals surface area contributed by atoms with E-state index in [1.54, 1.807) is 0 Å². The van der Waals surface area contributed by atoms with Gasteiger partial charge in [-0.1, -0.05) is 0 Å². The van der Waals surface area contributed by atoms with E-state index in [-0.39, 0.29) is 17.3 Å². The lowest BCUT2D eigenvalue weighted by atomic mass is 10.1. The van der Waals surface area contributed by atoms with Crippen molar-refractivity contribution < 1.29 is 24.9 Å². The molecule has 1 amide bonds. The van der Waals surface area contributed by atoms with E-state index in [0.29, 0.717) is 0 Å². The first-order valence-corrected chi connectivity index (χ1v) is 5.23. The van der Waals surface area contributed by atoms with E-state index < -0.39 is 36.9 Å². The number of ether oxygens (including phenoxy) is 1. The molecule has 0 radical (unpaired) electrons. The van der Waals surface area contributed by atoms with E-state index in [4.69, 9.17) is 21.3 Å². The number of aromatic nitrogens is 2. The molecule has 9 heteroatoms. The molecule has 2 rings (SSSR count). The maximum atomic E-state index is 10.9. The van der Waals surface area contributed by atoms with E-state index in [9.17, 15) is 15.0 Å². The summed E-state index contributed by atoms with van der Waals surface area (Å²) >= 11 is 0. The van der Waals surface area contributed by atoms with Crippen LogP contribution in [-0.2, 0) is 4.74 Å². The van der Waals surface area contributed by atoms with Gasteiger partial charge in [0.1, 0.15) is 30.2 Å². The van der Waals surface area contributed by atoms with Crippen LogP contribution < -0.4 is 11.5 Å². The lowest BCUT2D eigenvalue weighted by molar-refractivity contribution is -0.0236. The maximum Gasteiger partial charge on any atom is 0.284 e. The van der Waals surface area contributed by atoms with Gasteiger partial charge in [-0.2, -0.15) is 0 Å². The highest BCUT2D eigenvalue weighted by Crippen LogP contribution is 2.34. The second-order valence-electron chi connectivity index (χ2n) is 4.01. The summed E-state index contributed by atoms with van der Waals surface area (Å²) in [6, 6.07) is 0. The highest BCUT2D eigenvalue weighted by atomic mass is 16.6. The van der Waals surface area contributed by atoms with Gasteiger partial charge in [0.2, 0.25) is 0 Å². The second-order valence-corrected chi connectivity index (χ2v) is 4.01. The maximum absolute atomic E-state index is 10.9. The van der Waals surface area contributed by atoms with Crippen molar-refractivity contribution in [3.63, 3.8) is 0 Å². The number of nitrogens with zero attached hydrogens (tertiary/aromatic N) is 1. The highest BCUT2D eigenvalue weighted by Gasteiger charge is 2.44. The Balaban J connectivity index is 2.29. The molecule has 4 atom stereocenters. The molecule has 9 nitrogen and oxygen atoms in total. The predicted molar refractivity (Wildman–Crippen MR) is 58.2 cm³/mol. The molecule has 1 unspecified atom stereocenters. The van der Waals surface area contributed by atoms with Crippen molar-refractivity contribution in [1.82, 2.24) is 9.97 Å². The van der Waals surface area contributed by atoms with E-state index >= 15 is 0 Å². The summed E-state index contributed by atoms with van der Waals surface area (Å²) in [5.41, 5.74) is 10.7. The number of H-pyrrole nitrogens is 1. The zero-order valence-corrected chi connectivity index (χ0v) is 9.28. The molecule has 2 heterocycles.